The second-order valence-corrected chi connectivity index (χ2v) is 6.69. The second kappa shape index (κ2) is 9.09. The van der Waals surface area contributed by atoms with Crippen molar-refractivity contribution in [3.05, 3.63) is 76.2 Å². The Morgan fingerprint density at radius 3 is 2.66 bits per heavy atom. The van der Waals surface area contributed by atoms with Crippen LogP contribution in [0.25, 0.3) is 11.4 Å². The normalized spacial score (nSPS) is 11.8. The third-order valence-electron chi connectivity index (χ3n) is 4.75. The maximum atomic E-state index is 12.9. The first kappa shape index (κ1) is 20.2. The van der Waals surface area contributed by atoms with Crippen LogP contribution in [0.5, 0.6) is 0 Å². The van der Waals surface area contributed by atoms with E-state index >= 15 is 0 Å². The van der Waals surface area contributed by atoms with Gasteiger partial charge in [-0.1, -0.05) is 42.4 Å². The Morgan fingerprint density at radius 1 is 1.21 bits per heavy atom. The number of carbonyl (C=O) groups excluding carboxylic acids is 1. The van der Waals surface area contributed by atoms with E-state index < -0.39 is 4.92 Å². The van der Waals surface area contributed by atoms with Crippen LogP contribution in [-0.2, 0) is 6.42 Å². The number of nitro groups is 1. The molecule has 1 aromatic heterocycles. The summed E-state index contributed by atoms with van der Waals surface area (Å²) in [6.07, 6.45) is 1.21. The summed E-state index contributed by atoms with van der Waals surface area (Å²) in [4.78, 5) is 29.5. The van der Waals surface area contributed by atoms with Gasteiger partial charge in [0.15, 0.2) is 0 Å². The molecular formula is C21H22N4O4. The van der Waals surface area contributed by atoms with Crippen LogP contribution >= 0.6 is 0 Å². The van der Waals surface area contributed by atoms with Crippen molar-refractivity contribution in [2.24, 2.45) is 0 Å². The minimum Gasteiger partial charge on any atom is -0.339 e. The van der Waals surface area contributed by atoms with Crippen molar-refractivity contribution in [1.82, 2.24) is 15.0 Å². The molecule has 0 saturated heterocycles. The number of non-ortho nitro benzene ring substituents is 1. The zero-order valence-corrected chi connectivity index (χ0v) is 16.3. The number of benzene rings is 2. The lowest BCUT2D eigenvalue weighted by atomic mass is 10.1. The molecule has 0 unspecified atom stereocenters. The largest absolute Gasteiger partial charge is 0.339 e. The summed E-state index contributed by atoms with van der Waals surface area (Å²) in [5, 5.41) is 14.9. The molecule has 3 aromatic rings. The van der Waals surface area contributed by atoms with Crippen molar-refractivity contribution in [1.29, 1.82) is 0 Å². The molecule has 0 radical (unpaired) electrons. The van der Waals surface area contributed by atoms with Crippen LogP contribution in [0.4, 0.5) is 5.69 Å². The van der Waals surface area contributed by atoms with Gasteiger partial charge in [-0.2, -0.15) is 4.98 Å². The summed E-state index contributed by atoms with van der Waals surface area (Å²) < 4.78 is 5.30. The molecule has 8 nitrogen and oxygen atoms in total. The second-order valence-electron chi connectivity index (χ2n) is 6.69. The number of rotatable bonds is 8. The Morgan fingerprint density at radius 2 is 1.97 bits per heavy atom. The lowest BCUT2D eigenvalue weighted by molar-refractivity contribution is -0.384. The van der Waals surface area contributed by atoms with E-state index in [2.05, 4.69) is 10.1 Å². The highest BCUT2D eigenvalue weighted by Gasteiger charge is 2.21. The highest BCUT2D eigenvalue weighted by molar-refractivity contribution is 5.94. The van der Waals surface area contributed by atoms with E-state index in [1.807, 2.05) is 32.0 Å². The summed E-state index contributed by atoms with van der Waals surface area (Å²) >= 11 is 0. The molecule has 0 spiro atoms. The number of carbonyl (C=O) groups is 1. The molecule has 29 heavy (non-hydrogen) atoms. The van der Waals surface area contributed by atoms with Crippen molar-refractivity contribution < 1.29 is 14.2 Å². The number of aromatic nitrogens is 2. The minimum absolute atomic E-state index is 0.0368. The zero-order valence-electron chi connectivity index (χ0n) is 16.3. The molecule has 1 heterocycles. The fraction of sp³-hybridized carbons (Fsp3) is 0.286. The molecule has 3 rings (SSSR count). The van der Waals surface area contributed by atoms with E-state index in [-0.39, 0.29) is 23.5 Å². The average Bonchev–Trinajstić information content (AvgIpc) is 3.23. The summed E-state index contributed by atoms with van der Waals surface area (Å²) in [5.41, 5.74) is 1.11. The van der Waals surface area contributed by atoms with Crippen LogP contribution in [-0.4, -0.2) is 38.5 Å². The first-order valence-electron chi connectivity index (χ1n) is 9.43. The molecular weight excluding hydrogens is 372 g/mol. The average molecular weight is 394 g/mol. The Balaban J connectivity index is 1.73. The lowest BCUT2D eigenvalue weighted by Crippen LogP contribution is -2.39. The Hall–Kier alpha value is -3.55. The van der Waals surface area contributed by atoms with E-state index in [1.54, 1.807) is 29.2 Å². The van der Waals surface area contributed by atoms with Gasteiger partial charge in [-0.15, -0.1) is 0 Å². The van der Waals surface area contributed by atoms with Crippen molar-refractivity contribution in [2.75, 3.05) is 6.54 Å². The van der Waals surface area contributed by atoms with Crippen LogP contribution < -0.4 is 0 Å². The monoisotopic (exact) mass is 394 g/mol. The standard InChI is InChI=1S/C21H22N4O4/c1-3-15(2)24(21(26)16-8-5-4-6-9-16)13-12-19-22-20(23-29-19)17-10-7-11-18(14-17)25(27)28/h4-11,14-15H,3,12-13H2,1-2H3/t15-/m1/s1. The summed E-state index contributed by atoms with van der Waals surface area (Å²) in [7, 11) is 0. The Bertz CT molecular complexity index is 987. The highest BCUT2D eigenvalue weighted by atomic mass is 16.6. The van der Waals surface area contributed by atoms with E-state index in [1.165, 1.54) is 12.1 Å². The summed E-state index contributed by atoms with van der Waals surface area (Å²) in [5.74, 6) is 0.618. The smallest absolute Gasteiger partial charge is 0.270 e. The van der Waals surface area contributed by atoms with E-state index in [9.17, 15) is 14.9 Å². The van der Waals surface area contributed by atoms with Crippen LogP contribution in [0.1, 0.15) is 36.5 Å². The van der Waals surface area contributed by atoms with Crippen LogP contribution in [0.15, 0.2) is 59.1 Å². The van der Waals surface area contributed by atoms with E-state index in [4.69, 9.17) is 4.52 Å². The number of hydrogen-bond acceptors (Lipinski definition) is 6. The fourth-order valence-corrected chi connectivity index (χ4v) is 2.94. The van der Waals surface area contributed by atoms with Crippen molar-refractivity contribution >= 4 is 11.6 Å². The molecule has 0 aliphatic carbocycles. The summed E-state index contributed by atoms with van der Waals surface area (Å²) in [6, 6.07) is 15.3. The molecule has 0 N–H and O–H groups in total. The minimum atomic E-state index is -0.469. The number of nitro benzene ring substituents is 1. The molecule has 0 aliphatic rings. The van der Waals surface area contributed by atoms with Gasteiger partial charge >= 0.3 is 0 Å². The van der Waals surface area contributed by atoms with Gasteiger partial charge in [0.1, 0.15) is 0 Å². The predicted octanol–water partition coefficient (Wildman–Crippen LogP) is 4.13. The molecule has 0 saturated carbocycles. The molecule has 0 bridgehead atoms. The molecule has 150 valence electrons. The third-order valence-corrected chi connectivity index (χ3v) is 4.75. The molecule has 0 aliphatic heterocycles. The first-order valence-corrected chi connectivity index (χ1v) is 9.43. The van der Waals surface area contributed by atoms with E-state index in [0.717, 1.165) is 6.42 Å². The van der Waals surface area contributed by atoms with Gasteiger partial charge < -0.3 is 9.42 Å². The van der Waals surface area contributed by atoms with Gasteiger partial charge in [-0.3, -0.25) is 14.9 Å². The number of nitrogens with zero attached hydrogens (tertiary/aromatic N) is 4. The number of amides is 1. The summed E-state index contributed by atoms with van der Waals surface area (Å²) in [6.45, 7) is 4.46. The van der Waals surface area contributed by atoms with Crippen molar-refractivity contribution in [3.8, 4) is 11.4 Å². The van der Waals surface area contributed by atoms with Crippen LogP contribution in [0.3, 0.4) is 0 Å². The Labute approximate surface area is 168 Å². The molecule has 1 amide bonds. The van der Waals surface area contributed by atoms with E-state index in [0.29, 0.717) is 30.0 Å². The predicted molar refractivity (Wildman–Crippen MR) is 107 cm³/mol. The van der Waals surface area contributed by atoms with Gasteiger partial charge in [0, 0.05) is 42.3 Å². The molecule has 0 fully saturated rings. The maximum Gasteiger partial charge on any atom is 0.270 e. The third kappa shape index (κ3) is 4.84. The van der Waals surface area contributed by atoms with Crippen LogP contribution in [0.2, 0.25) is 0 Å². The topological polar surface area (TPSA) is 102 Å². The molecule has 8 heteroatoms. The molecule has 2 aromatic carbocycles. The maximum absolute atomic E-state index is 12.9. The van der Waals surface area contributed by atoms with Crippen molar-refractivity contribution in [3.63, 3.8) is 0 Å². The quantitative estimate of drug-likeness (QED) is 0.420. The number of hydrogen-bond donors (Lipinski definition) is 0. The highest BCUT2D eigenvalue weighted by Crippen LogP contribution is 2.21. The Kier molecular flexibility index (Phi) is 6.33. The van der Waals surface area contributed by atoms with Crippen LogP contribution in [0, 0.1) is 10.1 Å². The van der Waals surface area contributed by atoms with Gasteiger partial charge in [0.25, 0.3) is 11.6 Å². The van der Waals surface area contributed by atoms with Gasteiger partial charge in [0.2, 0.25) is 11.7 Å². The van der Waals surface area contributed by atoms with Gasteiger partial charge in [0.05, 0.1) is 4.92 Å². The first-order chi connectivity index (χ1) is 14.0. The lowest BCUT2D eigenvalue weighted by Gasteiger charge is -2.28. The fourth-order valence-electron chi connectivity index (χ4n) is 2.94. The van der Waals surface area contributed by atoms with Gasteiger partial charge in [-0.05, 0) is 25.5 Å². The molecule has 1 atom stereocenters. The van der Waals surface area contributed by atoms with Gasteiger partial charge in [-0.25, -0.2) is 0 Å². The van der Waals surface area contributed by atoms with Crippen molar-refractivity contribution in [2.45, 2.75) is 32.7 Å². The SMILES string of the molecule is CC[C@@H](C)N(CCc1nc(-c2cccc([N+](=O)[O-])c2)no1)C(=O)c1ccccc1. The zero-order chi connectivity index (χ0) is 20.8.